The van der Waals surface area contributed by atoms with Gasteiger partial charge in [0.2, 0.25) is 5.31 Å². The zero-order valence-electron chi connectivity index (χ0n) is 7.27. The molecule has 1 aliphatic rings. The molecule has 13 heavy (non-hydrogen) atoms. The maximum absolute atomic E-state index is 10.5. The standard InChI is InChI=1S/C6H9N2O2P.ClH3Si/c7-6(8)3-1-5(2-4-6)11(9)10;1-2/h1-3H,4,7-8H2;2H3/p+1. The van der Waals surface area contributed by atoms with Gasteiger partial charge in [-0.2, -0.15) is 16.0 Å². The molecule has 4 nitrogen and oxygen atoms in total. The van der Waals surface area contributed by atoms with Crippen molar-refractivity contribution < 1.29 is 9.46 Å². The molecule has 1 unspecified atom stereocenters. The Morgan fingerprint density at radius 3 is 2.46 bits per heavy atom. The van der Waals surface area contributed by atoms with Crippen molar-refractivity contribution in [3.63, 3.8) is 0 Å². The fraction of sp³-hybridized carbons (Fsp3) is 0.333. The van der Waals surface area contributed by atoms with Crippen LogP contribution in [0.15, 0.2) is 23.5 Å². The second kappa shape index (κ2) is 5.65. The van der Waals surface area contributed by atoms with E-state index >= 15 is 0 Å². The zero-order chi connectivity index (χ0) is 10.5. The molecule has 0 aromatic rings. The van der Waals surface area contributed by atoms with Crippen LogP contribution in [0.1, 0.15) is 6.42 Å². The highest BCUT2D eigenvalue weighted by molar-refractivity contribution is 7.43. The van der Waals surface area contributed by atoms with E-state index in [2.05, 4.69) is 0 Å². The van der Waals surface area contributed by atoms with E-state index in [4.69, 9.17) is 27.4 Å². The van der Waals surface area contributed by atoms with Gasteiger partial charge in [-0.25, -0.2) is 0 Å². The highest BCUT2D eigenvalue weighted by atomic mass is 35.6. The van der Waals surface area contributed by atoms with Crippen molar-refractivity contribution in [1.29, 1.82) is 0 Å². The van der Waals surface area contributed by atoms with Crippen LogP contribution in [0.2, 0.25) is 0 Å². The number of halogens is 1. The molecule has 0 saturated carbocycles. The van der Waals surface area contributed by atoms with Crippen LogP contribution in [-0.2, 0) is 4.57 Å². The summed E-state index contributed by atoms with van der Waals surface area (Å²) in [5.74, 6) is 0. The minimum Gasteiger partial charge on any atom is -0.310 e. The third-order valence-corrected chi connectivity index (χ3v) is 2.22. The van der Waals surface area contributed by atoms with Crippen molar-refractivity contribution in [3.05, 3.63) is 23.5 Å². The third kappa shape index (κ3) is 4.66. The predicted octanol–water partition coefficient (Wildman–Crippen LogP) is -0.316. The van der Waals surface area contributed by atoms with Gasteiger partial charge in [-0.1, -0.05) is 0 Å². The lowest BCUT2D eigenvalue weighted by Crippen LogP contribution is -2.47. The van der Waals surface area contributed by atoms with Gasteiger partial charge < -0.3 is 11.5 Å². The fourth-order valence-corrected chi connectivity index (χ4v) is 1.25. The summed E-state index contributed by atoms with van der Waals surface area (Å²) in [5.41, 5.74) is 10.2. The van der Waals surface area contributed by atoms with Gasteiger partial charge in [0.25, 0.3) is 0 Å². The zero-order valence-corrected chi connectivity index (χ0v) is 10.9. The average molecular weight is 240 g/mol. The minimum absolute atomic E-state index is 0.395. The van der Waals surface area contributed by atoms with Crippen molar-refractivity contribution in [2.45, 2.75) is 12.1 Å². The molecule has 74 valence electrons. The molecule has 5 N–H and O–H groups in total. The van der Waals surface area contributed by atoms with Crippen molar-refractivity contribution in [3.8, 4) is 0 Å². The molecular weight excluding hydrogens is 227 g/mol. The Labute approximate surface area is 85.6 Å². The smallest absolute Gasteiger partial charge is 0.310 e. The van der Waals surface area contributed by atoms with Gasteiger partial charge in [0, 0.05) is 6.42 Å². The lowest BCUT2D eigenvalue weighted by Gasteiger charge is -2.19. The first-order valence-electron chi connectivity index (χ1n) is 3.52. The van der Waals surface area contributed by atoms with Crippen molar-refractivity contribution in [2.75, 3.05) is 0 Å². The number of hydrogen-bond donors (Lipinski definition) is 3. The van der Waals surface area contributed by atoms with E-state index in [-0.39, 0.29) is 0 Å². The molecule has 0 bridgehead atoms. The first-order chi connectivity index (χ1) is 6.01. The maximum Gasteiger partial charge on any atom is 0.545 e. The number of nitrogens with two attached hydrogens (primary N) is 2. The van der Waals surface area contributed by atoms with Crippen LogP contribution in [0.3, 0.4) is 0 Å². The molecule has 7 heteroatoms. The number of hydrogen-bond acceptors (Lipinski definition) is 3. The van der Waals surface area contributed by atoms with Crippen LogP contribution in [0.5, 0.6) is 0 Å². The molecule has 1 atom stereocenters. The normalized spacial score (nSPS) is 20.0. The Morgan fingerprint density at radius 1 is 1.62 bits per heavy atom. The van der Waals surface area contributed by atoms with Gasteiger partial charge in [0.05, 0.1) is 5.66 Å². The van der Waals surface area contributed by atoms with E-state index in [0.717, 1.165) is 9.55 Å². The molecule has 0 aromatic carbocycles. The molecule has 0 aromatic heterocycles. The van der Waals surface area contributed by atoms with E-state index in [1.807, 2.05) is 0 Å². The molecule has 0 heterocycles. The molecule has 0 radical (unpaired) electrons. The Kier molecular flexibility index (Phi) is 5.63. The SMILES string of the molecule is NC1(N)C=CC([P+](=O)O)=CC1.[SiH3]Cl. The Bertz CT molecular complexity index is 255. The minimum atomic E-state index is -2.25. The molecule has 0 aliphatic heterocycles. The molecule has 0 spiro atoms. The molecule has 0 fully saturated rings. The van der Waals surface area contributed by atoms with Crippen molar-refractivity contribution >= 4 is 28.7 Å². The topological polar surface area (TPSA) is 89.3 Å². The van der Waals surface area contributed by atoms with Crippen LogP contribution in [0.25, 0.3) is 0 Å². The van der Waals surface area contributed by atoms with Crippen LogP contribution in [0.4, 0.5) is 0 Å². The first kappa shape index (κ1) is 13.0. The van der Waals surface area contributed by atoms with Crippen LogP contribution < -0.4 is 11.5 Å². The summed E-state index contributed by atoms with van der Waals surface area (Å²) in [5, 5.41) is 0.395. The highest BCUT2D eigenvalue weighted by Crippen LogP contribution is 2.31. The van der Waals surface area contributed by atoms with E-state index in [0.29, 0.717) is 11.7 Å². The van der Waals surface area contributed by atoms with Crippen LogP contribution >= 0.6 is 19.1 Å². The lowest BCUT2D eigenvalue weighted by molar-refractivity contribution is 0.508. The molecular formula is C6H13ClN2O2PSi+. The maximum atomic E-state index is 10.5. The lowest BCUT2D eigenvalue weighted by atomic mass is 10.0. The summed E-state index contributed by atoms with van der Waals surface area (Å²) >= 11 is 4.78. The monoisotopic (exact) mass is 239 g/mol. The Hall–Kier alpha value is -0.0331. The van der Waals surface area contributed by atoms with Crippen LogP contribution in [0, 0.1) is 0 Å². The highest BCUT2D eigenvalue weighted by Gasteiger charge is 2.25. The van der Waals surface area contributed by atoms with E-state index in [1.165, 1.54) is 12.2 Å². The summed E-state index contributed by atoms with van der Waals surface area (Å²) in [4.78, 5) is 8.66. The molecule has 1 rings (SSSR count). The average Bonchev–Trinajstić information content (AvgIpc) is 2.07. The number of rotatable bonds is 1. The predicted molar refractivity (Wildman–Crippen MR) is 58.6 cm³/mol. The Morgan fingerprint density at radius 2 is 2.15 bits per heavy atom. The van der Waals surface area contributed by atoms with Crippen LogP contribution in [-0.4, -0.2) is 20.1 Å². The third-order valence-electron chi connectivity index (χ3n) is 1.45. The Balaban J connectivity index is 0.000000671. The largest absolute Gasteiger partial charge is 0.545 e. The summed E-state index contributed by atoms with van der Waals surface area (Å²) in [6, 6.07) is 0. The van der Waals surface area contributed by atoms with Crippen molar-refractivity contribution in [2.24, 2.45) is 11.5 Å². The van der Waals surface area contributed by atoms with Gasteiger partial charge in [0.15, 0.2) is 0 Å². The number of allylic oxidation sites excluding steroid dienone is 2. The second-order valence-corrected chi connectivity index (χ2v) is 3.61. The summed E-state index contributed by atoms with van der Waals surface area (Å²) in [7, 11) is -1.47. The quantitative estimate of drug-likeness (QED) is 0.253. The van der Waals surface area contributed by atoms with E-state index in [1.54, 1.807) is 6.08 Å². The second-order valence-electron chi connectivity index (χ2n) is 2.55. The van der Waals surface area contributed by atoms with Gasteiger partial charge in [-0.3, -0.25) is 0 Å². The molecule has 0 saturated heterocycles. The van der Waals surface area contributed by atoms with Gasteiger partial charge in [-0.05, 0) is 22.8 Å². The molecule has 1 aliphatic carbocycles. The summed E-state index contributed by atoms with van der Waals surface area (Å²) in [6.45, 7) is 0. The van der Waals surface area contributed by atoms with Gasteiger partial charge in [0.1, 0.15) is 9.55 Å². The van der Waals surface area contributed by atoms with E-state index < -0.39 is 13.7 Å². The molecule has 0 amide bonds. The summed E-state index contributed by atoms with van der Waals surface area (Å²) < 4.78 is 10.5. The van der Waals surface area contributed by atoms with E-state index in [9.17, 15) is 4.57 Å². The first-order valence-corrected chi connectivity index (χ1v) is 7.76. The van der Waals surface area contributed by atoms with Crippen molar-refractivity contribution in [1.82, 2.24) is 0 Å². The fourth-order valence-electron chi connectivity index (χ4n) is 0.800. The summed E-state index contributed by atoms with van der Waals surface area (Å²) in [6.07, 6.45) is 5.01. The van der Waals surface area contributed by atoms with Gasteiger partial charge >= 0.3 is 8.03 Å². The van der Waals surface area contributed by atoms with Gasteiger partial charge in [-0.15, -0.1) is 0 Å².